The number of hydrogen-bond donors (Lipinski definition) is 3. The number of benzene rings is 2. The van der Waals surface area contributed by atoms with Crippen molar-refractivity contribution in [1.82, 2.24) is 10.3 Å². The second-order valence-electron chi connectivity index (χ2n) is 6.22. The molecule has 2 aromatic carbocycles. The van der Waals surface area contributed by atoms with Crippen molar-refractivity contribution in [1.29, 1.82) is 0 Å². The predicted octanol–water partition coefficient (Wildman–Crippen LogP) is 5.14. The fourth-order valence-corrected chi connectivity index (χ4v) is 2.73. The fraction of sp³-hybridized carbons (Fsp3) is 0.0952. The van der Waals surface area contributed by atoms with Gasteiger partial charge >= 0.3 is 6.03 Å². The topological polar surface area (TPSA) is 92.4 Å². The molecule has 0 bridgehead atoms. The maximum atomic E-state index is 14.4. The molecule has 3 amide bonds. The van der Waals surface area contributed by atoms with Gasteiger partial charge in [0.1, 0.15) is 29.7 Å². The fourth-order valence-electron chi connectivity index (χ4n) is 2.56. The van der Waals surface area contributed by atoms with Crippen molar-refractivity contribution >= 4 is 34.9 Å². The number of nitrogens with one attached hydrogen (secondary N) is 3. The molecule has 31 heavy (non-hydrogen) atoms. The first kappa shape index (κ1) is 22.0. The van der Waals surface area contributed by atoms with Gasteiger partial charge in [0.05, 0.1) is 5.69 Å². The van der Waals surface area contributed by atoms with Crippen LogP contribution in [-0.4, -0.2) is 24.0 Å². The van der Waals surface area contributed by atoms with Crippen molar-refractivity contribution in [3.8, 4) is 11.5 Å². The number of halogens is 3. The number of pyridine rings is 1. The Morgan fingerprint density at radius 3 is 2.55 bits per heavy atom. The highest BCUT2D eigenvalue weighted by molar-refractivity contribution is 6.31. The molecule has 7 nitrogen and oxygen atoms in total. The lowest BCUT2D eigenvalue weighted by Crippen LogP contribution is -2.20. The van der Waals surface area contributed by atoms with Gasteiger partial charge in [0, 0.05) is 41.7 Å². The van der Waals surface area contributed by atoms with E-state index in [1.807, 2.05) is 0 Å². The number of alkyl halides is 1. The molecule has 1 heterocycles. The Morgan fingerprint density at radius 2 is 1.84 bits per heavy atom. The van der Waals surface area contributed by atoms with Gasteiger partial charge in [-0.25, -0.2) is 13.6 Å². The van der Waals surface area contributed by atoms with Crippen LogP contribution in [0.1, 0.15) is 16.1 Å². The number of carbonyl (C=O) groups excluding carboxylic acids is 2. The van der Waals surface area contributed by atoms with E-state index in [1.165, 1.54) is 55.7 Å². The highest BCUT2D eigenvalue weighted by atomic mass is 35.5. The normalized spacial score (nSPS) is 10.3. The summed E-state index contributed by atoms with van der Waals surface area (Å²) in [4.78, 5) is 27.7. The number of hydrogen-bond acceptors (Lipinski definition) is 4. The lowest BCUT2D eigenvalue weighted by atomic mass is 10.2. The van der Waals surface area contributed by atoms with Crippen LogP contribution in [0.3, 0.4) is 0 Å². The molecule has 1 aromatic heterocycles. The number of carbonyl (C=O) groups is 2. The van der Waals surface area contributed by atoms with Crippen LogP contribution in [0.5, 0.6) is 11.5 Å². The van der Waals surface area contributed by atoms with Crippen LogP contribution in [0, 0.1) is 5.82 Å². The Balaban J connectivity index is 1.67. The first-order valence-electron chi connectivity index (χ1n) is 8.97. The Morgan fingerprint density at radius 1 is 1.06 bits per heavy atom. The number of urea groups is 1. The molecule has 0 saturated carbocycles. The smallest absolute Gasteiger partial charge is 0.323 e. The number of amides is 3. The van der Waals surface area contributed by atoms with E-state index in [0.29, 0.717) is 5.69 Å². The van der Waals surface area contributed by atoms with Crippen molar-refractivity contribution in [3.63, 3.8) is 0 Å². The van der Waals surface area contributed by atoms with Gasteiger partial charge in [-0.05, 0) is 36.4 Å². The van der Waals surface area contributed by atoms with E-state index < -0.39 is 18.5 Å². The van der Waals surface area contributed by atoms with E-state index in [4.69, 9.17) is 16.3 Å². The van der Waals surface area contributed by atoms with Crippen molar-refractivity contribution in [2.45, 2.75) is 6.67 Å². The van der Waals surface area contributed by atoms with Crippen LogP contribution in [0.2, 0.25) is 5.02 Å². The third-order valence-electron chi connectivity index (χ3n) is 4.06. The van der Waals surface area contributed by atoms with Crippen LogP contribution >= 0.6 is 11.6 Å². The van der Waals surface area contributed by atoms with Gasteiger partial charge in [-0.1, -0.05) is 11.6 Å². The number of anilines is 2. The number of nitrogens with zero attached hydrogens (tertiary/aromatic N) is 1. The van der Waals surface area contributed by atoms with Gasteiger partial charge in [-0.2, -0.15) is 0 Å². The van der Waals surface area contributed by atoms with Crippen molar-refractivity contribution in [2.24, 2.45) is 0 Å². The van der Waals surface area contributed by atoms with Crippen LogP contribution in [0.4, 0.5) is 25.0 Å². The predicted molar refractivity (Wildman–Crippen MR) is 113 cm³/mol. The molecular weight excluding hydrogens is 430 g/mol. The lowest BCUT2D eigenvalue weighted by molar-refractivity contribution is 0.0958. The van der Waals surface area contributed by atoms with Gasteiger partial charge in [-0.15, -0.1) is 0 Å². The quantitative estimate of drug-likeness (QED) is 0.489. The molecule has 3 rings (SSSR count). The maximum absolute atomic E-state index is 14.4. The second-order valence-corrected chi connectivity index (χ2v) is 6.63. The molecule has 3 N–H and O–H groups in total. The zero-order valence-corrected chi connectivity index (χ0v) is 17.0. The minimum Gasteiger partial charge on any atom is -0.457 e. The summed E-state index contributed by atoms with van der Waals surface area (Å²) in [5.41, 5.74) is 0.584. The third-order valence-corrected chi connectivity index (χ3v) is 4.43. The molecule has 0 aliphatic rings. The molecular formula is C21H17ClF2N4O3. The Hall–Kier alpha value is -3.72. The van der Waals surface area contributed by atoms with Gasteiger partial charge in [0.15, 0.2) is 0 Å². The number of rotatable bonds is 6. The molecule has 0 aliphatic carbocycles. The van der Waals surface area contributed by atoms with Gasteiger partial charge < -0.3 is 20.7 Å². The standard InChI is InChI=1S/C21H17ClF2N4O3/c1-25-20(29)19-10-15(6-7-26-19)31-14-3-5-18(17(24)9-14)28-21(30)27-13-2-4-16(22)12(8-13)11-23/h2-10H,11H2,1H3,(H,25,29)(H2,27,28,30). The van der Waals surface area contributed by atoms with Crippen LogP contribution in [-0.2, 0) is 6.67 Å². The van der Waals surface area contributed by atoms with Gasteiger partial charge in [0.2, 0.25) is 0 Å². The summed E-state index contributed by atoms with van der Waals surface area (Å²) in [6.07, 6.45) is 1.39. The number of ether oxygens (including phenoxy) is 1. The molecule has 160 valence electrons. The zero-order chi connectivity index (χ0) is 22.4. The SMILES string of the molecule is CNC(=O)c1cc(Oc2ccc(NC(=O)Nc3ccc(Cl)c(CF)c3)c(F)c2)ccn1. The largest absolute Gasteiger partial charge is 0.457 e. The van der Waals surface area contributed by atoms with Crippen molar-refractivity contribution in [3.05, 3.63) is 76.8 Å². The maximum Gasteiger partial charge on any atom is 0.323 e. The molecule has 0 fully saturated rings. The average molecular weight is 447 g/mol. The summed E-state index contributed by atoms with van der Waals surface area (Å²) in [5.74, 6) is -0.684. The third kappa shape index (κ3) is 5.67. The van der Waals surface area contributed by atoms with E-state index in [-0.39, 0.29) is 39.4 Å². The van der Waals surface area contributed by atoms with Crippen molar-refractivity contribution < 1.29 is 23.1 Å². The Labute approximate surface area is 181 Å². The van der Waals surface area contributed by atoms with Crippen LogP contribution in [0.25, 0.3) is 0 Å². The van der Waals surface area contributed by atoms with Crippen molar-refractivity contribution in [2.75, 3.05) is 17.7 Å². The van der Waals surface area contributed by atoms with E-state index >= 15 is 0 Å². The van der Waals surface area contributed by atoms with Crippen LogP contribution in [0.15, 0.2) is 54.7 Å². The highest BCUT2D eigenvalue weighted by Crippen LogP contribution is 2.26. The van der Waals surface area contributed by atoms with E-state index in [1.54, 1.807) is 0 Å². The monoisotopic (exact) mass is 446 g/mol. The zero-order valence-electron chi connectivity index (χ0n) is 16.2. The molecule has 0 atom stereocenters. The minimum atomic E-state index is -0.784. The first-order chi connectivity index (χ1) is 14.9. The summed E-state index contributed by atoms with van der Waals surface area (Å²) < 4.78 is 32.8. The van der Waals surface area contributed by atoms with Gasteiger partial charge in [0.25, 0.3) is 5.91 Å². The number of aromatic nitrogens is 1. The second kappa shape index (κ2) is 9.86. The van der Waals surface area contributed by atoms with E-state index in [9.17, 15) is 18.4 Å². The molecule has 0 saturated heterocycles. The summed E-state index contributed by atoms with van der Waals surface area (Å²) in [6, 6.07) is 10.4. The molecule has 3 aromatic rings. The summed E-state index contributed by atoms with van der Waals surface area (Å²) >= 11 is 5.83. The van der Waals surface area contributed by atoms with E-state index in [2.05, 4.69) is 20.9 Å². The molecule has 0 radical (unpaired) electrons. The molecule has 0 unspecified atom stereocenters. The molecule has 0 aliphatic heterocycles. The average Bonchev–Trinajstić information content (AvgIpc) is 2.76. The lowest BCUT2D eigenvalue weighted by Gasteiger charge is -2.11. The molecule has 10 heteroatoms. The van der Waals surface area contributed by atoms with E-state index in [0.717, 1.165) is 6.07 Å². The summed E-state index contributed by atoms with van der Waals surface area (Å²) in [7, 11) is 1.47. The van der Waals surface area contributed by atoms with Gasteiger partial charge in [-0.3, -0.25) is 9.78 Å². The Kier molecular flexibility index (Phi) is 6.99. The highest BCUT2D eigenvalue weighted by Gasteiger charge is 2.11. The summed E-state index contributed by atoms with van der Waals surface area (Å²) in [6.45, 7) is -0.784. The molecule has 0 spiro atoms. The first-order valence-corrected chi connectivity index (χ1v) is 9.35. The Bertz CT molecular complexity index is 1130. The van der Waals surface area contributed by atoms with Crippen LogP contribution < -0.4 is 20.7 Å². The minimum absolute atomic E-state index is 0.0923. The summed E-state index contributed by atoms with van der Waals surface area (Å²) in [5, 5.41) is 7.53.